The molecule has 0 radical (unpaired) electrons. The summed E-state index contributed by atoms with van der Waals surface area (Å²) in [5, 5.41) is 18.3. The average Bonchev–Trinajstić information content (AvgIpc) is 2.26. The molecule has 1 rings (SSSR count). The zero-order chi connectivity index (χ0) is 11.3. The van der Waals surface area contributed by atoms with Crippen LogP contribution in [-0.2, 0) is 0 Å². The van der Waals surface area contributed by atoms with E-state index < -0.39 is 6.10 Å². The van der Waals surface area contributed by atoms with Crippen LogP contribution in [-0.4, -0.2) is 10.4 Å². The minimum absolute atomic E-state index is 0.00533. The molecular weight excluding hydrogens is 206 g/mol. The Morgan fingerprint density at radius 1 is 1.53 bits per heavy atom. The van der Waals surface area contributed by atoms with Gasteiger partial charge in [-0.2, -0.15) is 5.26 Å². The van der Waals surface area contributed by atoms with E-state index in [4.69, 9.17) is 5.26 Å². The number of aliphatic hydroxyl groups excluding tert-OH is 1. The van der Waals surface area contributed by atoms with Gasteiger partial charge < -0.3 is 5.11 Å². The van der Waals surface area contributed by atoms with E-state index in [0.29, 0.717) is 0 Å². The molecule has 0 heterocycles. The molecule has 0 aliphatic carbocycles. The van der Waals surface area contributed by atoms with Crippen LogP contribution in [0, 0.1) is 11.3 Å². The number of nitriles is 1. The normalized spacial score (nSPS) is 14.3. The summed E-state index contributed by atoms with van der Waals surface area (Å²) in [7, 11) is 0. The van der Waals surface area contributed by atoms with Gasteiger partial charge in [0.15, 0.2) is 0 Å². The maximum absolute atomic E-state index is 9.42. The average molecular weight is 221 g/mol. The molecule has 0 saturated carbocycles. The number of hydrogen-bond donors (Lipinski definition) is 1. The van der Waals surface area contributed by atoms with Gasteiger partial charge in [0.25, 0.3) is 0 Å². The molecule has 0 aromatic heterocycles. The maximum Gasteiger partial charge on any atom is 0.0961 e. The fourth-order valence-electron chi connectivity index (χ4n) is 1.21. The summed E-state index contributed by atoms with van der Waals surface area (Å²) in [5.74, 6) is 0. The van der Waals surface area contributed by atoms with E-state index in [1.54, 1.807) is 18.7 Å². The lowest BCUT2D eigenvalue weighted by Gasteiger charge is -2.09. The second-order valence-electron chi connectivity index (χ2n) is 3.39. The summed E-state index contributed by atoms with van der Waals surface area (Å²) < 4.78 is 0. The van der Waals surface area contributed by atoms with Crippen LogP contribution >= 0.6 is 11.8 Å². The highest BCUT2D eigenvalue weighted by atomic mass is 32.2. The van der Waals surface area contributed by atoms with Gasteiger partial charge in [-0.15, -0.1) is 11.8 Å². The molecule has 0 fully saturated rings. The van der Waals surface area contributed by atoms with Crippen LogP contribution in [0.3, 0.4) is 0 Å². The summed E-state index contributed by atoms with van der Waals surface area (Å²) in [5.41, 5.74) is 0.896. The van der Waals surface area contributed by atoms with Gasteiger partial charge >= 0.3 is 0 Å². The van der Waals surface area contributed by atoms with E-state index in [1.165, 1.54) is 0 Å². The van der Waals surface area contributed by atoms with E-state index in [1.807, 2.05) is 31.2 Å². The van der Waals surface area contributed by atoms with Gasteiger partial charge in [0.2, 0.25) is 0 Å². The highest BCUT2D eigenvalue weighted by Crippen LogP contribution is 2.27. The zero-order valence-corrected chi connectivity index (χ0v) is 9.79. The first-order chi connectivity index (χ1) is 7.17. The van der Waals surface area contributed by atoms with Gasteiger partial charge in [-0.05, 0) is 31.0 Å². The first-order valence-corrected chi connectivity index (χ1v) is 5.89. The molecule has 0 bridgehead atoms. The molecule has 1 N–H and O–H groups in total. The molecule has 0 amide bonds. The number of rotatable bonds is 4. The first kappa shape index (κ1) is 12.1. The van der Waals surface area contributed by atoms with Gasteiger partial charge in [-0.25, -0.2) is 0 Å². The van der Waals surface area contributed by atoms with Crippen molar-refractivity contribution in [3.05, 3.63) is 29.8 Å². The standard InChI is InChI=1S/C12H15NOS/c1-3-11(8-13)15-12-6-4-5-10(7-12)9(2)14/h4-7,9,11,14H,3H2,1-2H3. The van der Waals surface area contributed by atoms with Gasteiger partial charge in [0.1, 0.15) is 0 Å². The Balaban J connectivity index is 2.78. The van der Waals surface area contributed by atoms with E-state index >= 15 is 0 Å². The lowest BCUT2D eigenvalue weighted by molar-refractivity contribution is 0.199. The van der Waals surface area contributed by atoms with E-state index in [-0.39, 0.29) is 5.25 Å². The first-order valence-electron chi connectivity index (χ1n) is 5.01. The quantitative estimate of drug-likeness (QED) is 0.794. The molecule has 0 aliphatic rings. The minimum Gasteiger partial charge on any atom is -0.389 e. The predicted octanol–water partition coefficient (Wildman–Crippen LogP) is 3.13. The highest BCUT2D eigenvalue weighted by molar-refractivity contribution is 8.00. The second-order valence-corrected chi connectivity index (χ2v) is 4.67. The van der Waals surface area contributed by atoms with Crippen molar-refractivity contribution in [3.63, 3.8) is 0 Å². The Morgan fingerprint density at radius 2 is 2.27 bits per heavy atom. The van der Waals surface area contributed by atoms with Crippen molar-refractivity contribution in [2.24, 2.45) is 0 Å². The number of benzene rings is 1. The van der Waals surface area contributed by atoms with Crippen molar-refractivity contribution in [2.45, 2.75) is 36.5 Å². The van der Waals surface area contributed by atoms with Gasteiger partial charge in [-0.3, -0.25) is 0 Å². The summed E-state index contributed by atoms with van der Waals surface area (Å²) in [4.78, 5) is 1.04. The lowest BCUT2D eigenvalue weighted by atomic mass is 10.1. The molecule has 80 valence electrons. The van der Waals surface area contributed by atoms with E-state index in [9.17, 15) is 5.11 Å². The topological polar surface area (TPSA) is 44.0 Å². The van der Waals surface area contributed by atoms with Crippen LogP contribution in [0.25, 0.3) is 0 Å². The highest BCUT2D eigenvalue weighted by Gasteiger charge is 2.08. The molecule has 0 saturated heterocycles. The Hall–Kier alpha value is -0.980. The van der Waals surface area contributed by atoms with Crippen LogP contribution in [0.2, 0.25) is 0 Å². The third kappa shape index (κ3) is 3.58. The summed E-state index contributed by atoms with van der Waals surface area (Å²) >= 11 is 1.55. The van der Waals surface area contributed by atoms with Crippen LogP contribution in [0.5, 0.6) is 0 Å². The molecule has 0 aliphatic heterocycles. The third-order valence-corrected chi connectivity index (χ3v) is 3.38. The van der Waals surface area contributed by atoms with Crippen LogP contribution in [0.4, 0.5) is 0 Å². The summed E-state index contributed by atoms with van der Waals surface area (Å²) in [6, 6.07) is 9.96. The van der Waals surface area contributed by atoms with E-state index in [0.717, 1.165) is 16.9 Å². The Morgan fingerprint density at radius 3 is 2.80 bits per heavy atom. The van der Waals surface area contributed by atoms with Crippen LogP contribution in [0.1, 0.15) is 31.9 Å². The monoisotopic (exact) mass is 221 g/mol. The molecular formula is C12H15NOS. The van der Waals surface area contributed by atoms with Crippen molar-refractivity contribution in [2.75, 3.05) is 0 Å². The fourth-order valence-corrected chi connectivity index (χ4v) is 2.12. The Bertz CT molecular complexity index is 357. The second kappa shape index (κ2) is 5.79. The minimum atomic E-state index is -0.451. The maximum atomic E-state index is 9.42. The van der Waals surface area contributed by atoms with Crippen LogP contribution in [0.15, 0.2) is 29.2 Å². The molecule has 2 atom stereocenters. The molecule has 3 heteroatoms. The molecule has 1 aromatic carbocycles. The Labute approximate surface area is 94.9 Å². The largest absolute Gasteiger partial charge is 0.389 e. The molecule has 1 aromatic rings. The molecule has 15 heavy (non-hydrogen) atoms. The van der Waals surface area contributed by atoms with Crippen molar-refractivity contribution in [3.8, 4) is 6.07 Å². The smallest absolute Gasteiger partial charge is 0.0961 e. The van der Waals surface area contributed by atoms with Gasteiger partial charge in [0, 0.05) is 4.90 Å². The Kier molecular flexibility index (Phi) is 4.67. The third-order valence-electron chi connectivity index (χ3n) is 2.13. The van der Waals surface area contributed by atoms with Crippen LogP contribution < -0.4 is 0 Å². The zero-order valence-electron chi connectivity index (χ0n) is 8.97. The summed E-state index contributed by atoms with van der Waals surface area (Å²) in [6.45, 7) is 3.74. The molecule has 0 spiro atoms. The predicted molar refractivity (Wildman–Crippen MR) is 62.6 cm³/mol. The van der Waals surface area contributed by atoms with Crippen molar-refractivity contribution in [1.29, 1.82) is 5.26 Å². The van der Waals surface area contributed by atoms with Gasteiger partial charge in [0.05, 0.1) is 17.4 Å². The number of nitrogens with zero attached hydrogens (tertiary/aromatic N) is 1. The molecule has 2 unspecified atom stereocenters. The lowest BCUT2D eigenvalue weighted by Crippen LogP contribution is -1.96. The fraction of sp³-hybridized carbons (Fsp3) is 0.417. The number of thioether (sulfide) groups is 1. The molecule has 2 nitrogen and oxygen atoms in total. The number of aliphatic hydroxyl groups is 1. The number of hydrogen-bond acceptors (Lipinski definition) is 3. The SMILES string of the molecule is CCC(C#N)Sc1cccc(C(C)O)c1. The van der Waals surface area contributed by atoms with Crippen molar-refractivity contribution >= 4 is 11.8 Å². The van der Waals surface area contributed by atoms with Gasteiger partial charge in [-0.1, -0.05) is 19.1 Å². The van der Waals surface area contributed by atoms with Crippen molar-refractivity contribution < 1.29 is 5.11 Å². The summed E-state index contributed by atoms with van der Waals surface area (Å²) in [6.07, 6.45) is 0.382. The van der Waals surface area contributed by atoms with Crippen molar-refractivity contribution in [1.82, 2.24) is 0 Å². The van der Waals surface area contributed by atoms with E-state index in [2.05, 4.69) is 6.07 Å².